The van der Waals surface area contributed by atoms with Crippen LogP contribution in [0.15, 0.2) is 24.3 Å². The van der Waals surface area contributed by atoms with Gasteiger partial charge in [0.05, 0.1) is 11.8 Å². The van der Waals surface area contributed by atoms with E-state index in [0.29, 0.717) is 23.9 Å². The normalized spacial score (nSPS) is 21.4. The molecule has 0 unspecified atom stereocenters. The van der Waals surface area contributed by atoms with Crippen molar-refractivity contribution >= 4 is 32.6 Å². The van der Waals surface area contributed by atoms with Gasteiger partial charge in [-0.15, -0.1) is 0 Å². The number of amides is 2. The van der Waals surface area contributed by atoms with Crippen molar-refractivity contribution in [3.8, 4) is 0 Å². The second kappa shape index (κ2) is 7.32. The molecule has 1 heterocycles. The Morgan fingerprint density at radius 3 is 2.35 bits per heavy atom. The number of hydrogen-bond acceptors (Lipinski definition) is 4. The first-order chi connectivity index (χ1) is 12.0. The molecule has 1 saturated heterocycles. The molecule has 0 aromatic heterocycles. The van der Waals surface area contributed by atoms with E-state index in [1.54, 1.807) is 24.3 Å². The third-order valence-corrected chi connectivity index (χ3v) is 10.1. The first-order valence-electron chi connectivity index (χ1n) is 8.79. The largest absolute Gasteiger partial charge is 0.413 e. The van der Waals surface area contributed by atoms with Crippen LogP contribution in [0.3, 0.4) is 0 Å². The van der Waals surface area contributed by atoms with Crippen LogP contribution < -0.4 is 10.2 Å². The van der Waals surface area contributed by atoms with Crippen LogP contribution in [0.1, 0.15) is 38.1 Å². The van der Waals surface area contributed by atoms with E-state index in [4.69, 9.17) is 4.43 Å². The number of benzene rings is 1. The molecule has 0 saturated carbocycles. The highest BCUT2D eigenvalue weighted by Gasteiger charge is 2.50. The van der Waals surface area contributed by atoms with Gasteiger partial charge in [0.2, 0.25) is 12.3 Å². The number of para-hydroxylation sites is 1. The summed E-state index contributed by atoms with van der Waals surface area (Å²) in [5.74, 6) is -0.620. The monoisotopic (exact) mass is 376 g/mol. The quantitative estimate of drug-likeness (QED) is 0.451. The van der Waals surface area contributed by atoms with Gasteiger partial charge in [-0.1, -0.05) is 32.9 Å². The Kier molecular flexibility index (Phi) is 5.72. The molecular formula is C19H28N2O4Si. The number of β-lactam (4-membered cyclic amide) rings is 1. The predicted molar refractivity (Wildman–Crippen MR) is 104 cm³/mol. The van der Waals surface area contributed by atoms with Crippen molar-refractivity contribution in [2.45, 2.75) is 58.1 Å². The molecular weight excluding hydrogens is 348 g/mol. The maximum Gasteiger partial charge on any atom is 0.231 e. The van der Waals surface area contributed by atoms with E-state index in [2.05, 4.69) is 39.2 Å². The zero-order valence-corrected chi connectivity index (χ0v) is 17.3. The van der Waals surface area contributed by atoms with Crippen LogP contribution >= 0.6 is 0 Å². The van der Waals surface area contributed by atoms with E-state index >= 15 is 0 Å². The standard InChI is InChI=1S/C19H28N2O4Si/c1-13(25-26(5,6)19(2,3)4)16-17(20-18(16)24)21(12-23)15-10-8-7-9-14(15)11-22/h7-13,16-17H,1-6H3,(H,20,24)/t13-,16-,17-/m1/s1. The summed E-state index contributed by atoms with van der Waals surface area (Å²) in [6.45, 7) is 12.6. The number of carbonyl (C=O) groups excluding carboxylic acids is 3. The van der Waals surface area contributed by atoms with Gasteiger partial charge in [0, 0.05) is 5.56 Å². The molecule has 0 aliphatic carbocycles. The Morgan fingerprint density at radius 2 is 1.85 bits per heavy atom. The summed E-state index contributed by atoms with van der Waals surface area (Å²) in [6, 6.07) is 6.82. The van der Waals surface area contributed by atoms with E-state index in [1.807, 2.05) is 6.92 Å². The van der Waals surface area contributed by atoms with Gasteiger partial charge in [-0.2, -0.15) is 0 Å². The van der Waals surface area contributed by atoms with Crippen LogP contribution in [-0.2, 0) is 14.0 Å². The highest BCUT2D eigenvalue weighted by molar-refractivity contribution is 6.74. The van der Waals surface area contributed by atoms with Gasteiger partial charge < -0.3 is 9.74 Å². The maximum atomic E-state index is 12.2. The highest BCUT2D eigenvalue weighted by atomic mass is 28.4. The molecule has 0 spiro atoms. The number of anilines is 1. The molecule has 3 atom stereocenters. The lowest BCUT2D eigenvalue weighted by Crippen LogP contribution is -2.70. The average Bonchev–Trinajstić information content (AvgIpc) is 2.53. The topological polar surface area (TPSA) is 75.7 Å². The summed E-state index contributed by atoms with van der Waals surface area (Å²) in [4.78, 5) is 36.7. The van der Waals surface area contributed by atoms with E-state index in [0.717, 1.165) is 0 Å². The first-order valence-corrected chi connectivity index (χ1v) is 11.7. The predicted octanol–water partition coefficient (Wildman–Crippen LogP) is 2.94. The SMILES string of the molecule is C[C@@H](O[Si](C)(C)C(C)(C)C)[C@H]1C(=O)N[C@@H]1N(C=O)c1ccccc1C=O. The first kappa shape index (κ1) is 20.3. The van der Waals surface area contributed by atoms with Crippen molar-refractivity contribution in [1.82, 2.24) is 5.32 Å². The summed E-state index contributed by atoms with van der Waals surface area (Å²) in [5.41, 5.74) is 0.879. The van der Waals surface area contributed by atoms with Crippen LogP contribution in [0.25, 0.3) is 0 Å². The van der Waals surface area contributed by atoms with Gasteiger partial charge in [0.25, 0.3) is 0 Å². The number of carbonyl (C=O) groups is 3. The Balaban J connectivity index is 2.26. The Bertz CT molecular complexity index is 699. The lowest BCUT2D eigenvalue weighted by atomic mass is 9.90. The van der Waals surface area contributed by atoms with Gasteiger partial charge in [-0.3, -0.25) is 19.3 Å². The second-order valence-electron chi connectivity index (χ2n) is 8.25. The minimum Gasteiger partial charge on any atom is -0.413 e. The fraction of sp³-hybridized carbons (Fsp3) is 0.526. The number of aldehydes is 1. The molecule has 0 radical (unpaired) electrons. The number of nitrogens with one attached hydrogen (secondary N) is 1. The number of rotatable bonds is 7. The summed E-state index contributed by atoms with van der Waals surface area (Å²) in [6.07, 6.45) is 0.497. The summed E-state index contributed by atoms with van der Waals surface area (Å²) in [5, 5.41) is 2.79. The molecule has 1 aromatic rings. The van der Waals surface area contributed by atoms with Crippen LogP contribution in [-0.4, -0.2) is 39.2 Å². The van der Waals surface area contributed by atoms with E-state index in [1.165, 1.54) is 4.90 Å². The van der Waals surface area contributed by atoms with Gasteiger partial charge in [-0.25, -0.2) is 0 Å². The molecule has 6 nitrogen and oxygen atoms in total. The molecule has 1 aliphatic rings. The second-order valence-corrected chi connectivity index (χ2v) is 13.0. The smallest absolute Gasteiger partial charge is 0.231 e. The van der Waals surface area contributed by atoms with Crippen molar-refractivity contribution in [3.63, 3.8) is 0 Å². The molecule has 1 aromatic carbocycles. The maximum absolute atomic E-state index is 12.2. The Hall–Kier alpha value is -1.99. The molecule has 26 heavy (non-hydrogen) atoms. The Labute approximate surface area is 156 Å². The highest BCUT2D eigenvalue weighted by Crippen LogP contribution is 2.39. The van der Waals surface area contributed by atoms with Crippen molar-refractivity contribution < 1.29 is 18.8 Å². The molecule has 142 valence electrons. The van der Waals surface area contributed by atoms with Gasteiger partial charge in [0.15, 0.2) is 14.6 Å². The molecule has 1 aliphatic heterocycles. The zero-order valence-electron chi connectivity index (χ0n) is 16.3. The number of nitrogens with zero attached hydrogens (tertiary/aromatic N) is 1. The van der Waals surface area contributed by atoms with Crippen molar-refractivity contribution in [2.24, 2.45) is 5.92 Å². The van der Waals surface area contributed by atoms with Gasteiger partial charge in [-0.05, 0) is 37.2 Å². The van der Waals surface area contributed by atoms with Crippen molar-refractivity contribution in [2.75, 3.05) is 4.90 Å². The van der Waals surface area contributed by atoms with Crippen LogP contribution in [0.4, 0.5) is 5.69 Å². The van der Waals surface area contributed by atoms with Crippen LogP contribution in [0.2, 0.25) is 18.1 Å². The molecule has 7 heteroatoms. The van der Waals surface area contributed by atoms with E-state index < -0.39 is 20.4 Å². The third kappa shape index (κ3) is 3.73. The van der Waals surface area contributed by atoms with Crippen molar-refractivity contribution in [3.05, 3.63) is 29.8 Å². The zero-order chi connectivity index (χ0) is 19.7. The van der Waals surface area contributed by atoms with E-state index in [9.17, 15) is 14.4 Å². The third-order valence-electron chi connectivity index (χ3n) is 5.48. The summed E-state index contributed by atoms with van der Waals surface area (Å²) >= 11 is 0. The van der Waals surface area contributed by atoms with Gasteiger partial charge in [0.1, 0.15) is 12.1 Å². The average molecular weight is 377 g/mol. The molecule has 1 fully saturated rings. The molecule has 2 rings (SSSR count). The summed E-state index contributed by atoms with van der Waals surface area (Å²) < 4.78 is 6.36. The van der Waals surface area contributed by atoms with Crippen LogP contribution in [0.5, 0.6) is 0 Å². The Morgan fingerprint density at radius 1 is 1.23 bits per heavy atom. The van der Waals surface area contributed by atoms with Crippen LogP contribution in [0, 0.1) is 5.92 Å². The number of hydrogen-bond donors (Lipinski definition) is 1. The van der Waals surface area contributed by atoms with E-state index in [-0.39, 0.29) is 17.0 Å². The minimum absolute atomic E-state index is 0.0193. The molecule has 2 amide bonds. The van der Waals surface area contributed by atoms with Crippen molar-refractivity contribution in [1.29, 1.82) is 0 Å². The lowest BCUT2D eigenvalue weighted by molar-refractivity contribution is -0.140. The molecule has 0 bridgehead atoms. The minimum atomic E-state index is -2.06. The fourth-order valence-electron chi connectivity index (χ4n) is 2.90. The van der Waals surface area contributed by atoms with Gasteiger partial charge >= 0.3 is 0 Å². The molecule has 1 N–H and O–H groups in total. The summed E-state index contributed by atoms with van der Waals surface area (Å²) in [7, 11) is -2.06. The lowest BCUT2D eigenvalue weighted by Gasteiger charge is -2.48. The fourth-order valence-corrected chi connectivity index (χ4v) is 4.33.